The summed E-state index contributed by atoms with van der Waals surface area (Å²) in [7, 11) is 0. The zero-order chi connectivity index (χ0) is 11.1. The van der Waals surface area contributed by atoms with E-state index in [2.05, 4.69) is 17.4 Å². The molecule has 0 heterocycles. The first-order valence-electron chi connectivity index (χ1n) is 5.89. The van der Waals surface area contributed by atoms with Crippen molar-refractivity contribution in [3.05, 3.63) is 0 Å². The predicted octanol–water partition coefficient (Wildman–Crippen LogP) is 1.68. The van der Waals surface area contributed by atoms with Gasteiger partial charge in [-0.05, 0) is 37.6 Å². The lowest BCUT2D eigenvalue weighted by molar-refractivity contribution is 0.316. The van der Waals surface area contributed by atoms with E-state index in [1.807, 2.05) is 0 Å². The van der Waals surface area contributed by atoms with Crippen LogP contribution in [0.2, 0.25) is 0 Å². The van der Waals surface area contributed by atoms with Gasteiger partial charge in [-0.2, -0.15) is 0 Å². The molecule has 1 saturated carbocycles. The summed E-state index contributed by atoms with van der Waals surface area (Å²) in [5.74, 6) is 0.325. The first-order valence-corrected chi connectivity index (χ1v) is 5.89. The number of nitrogens with two attached hydrogens (primary N) is 1. The fourth-order valence-corrected chi connectivity index (χ4v) is 2.02. The standard InChI is InChI=1S/C11H23N3O/c1-2-5-11(6-7-11)9-13-8-3-4-10(12)14-15/h13,15H,2-9H2,1H3,(H2,12,14). The van der Waals surface area contributed by atoms with Gasteiger partial charge in [0.1, 0.15) is 5.84 Å². The zero-order valence-corrected chi connectivity index (χ0v) is 9.63. The van der Waals surface area contributed by atoms with E-state index in [-0.39, 0.29) is 0 Å². The lowest BCUT2D eigenvalue weighted by Gasteiger charge is -2.14. The van der Waals surface area contributed by atoms with Crippen LogP contribution in [0.3, 0.4) is 0 Å². The monoisotopic (exact) mass is 213 g/mol. The molecule has 1 rings (SSSR count). The van der Waals surface area contributed by atoms with Crippen molar-refractivity contribution in [3.8, 4) is 0 Å². The molecule has 0 aliphatic heterocycles. The topological polar surface area (TPSA) is 70.6 Å². The van der Waals surface area contributed by atoms with Crippen molar-refractivity contribution in [2.75, 3.05) is 13.1 Å². The minimum absolute atomic E-state index is 0.325. The molecule has 4 nitrogen and oxygen atoms in total. The van der Waals surface area contributed by atoms with Crippen LogP contribution in [0.25, 0.3) is 0 Å². The van der Waals surface area contributed by atoms with Gasteiger partial charge >= 0.3 is 0 Å². The Bertz CT molecular complexity index is 212. The molecule has 1 fully saturated rings. The van der Waals surface area contributed by atoms with Gasteiger partial charge in [-0.1, -0.05) is 18.5 Å². The van der Waals surface area contributed by atoms with Crippen molar-refractivity contribution in [2.45, 2.75) is 45.4 Å². The molecule has 15 heavy (non-hydrogen) atoms. The van der Waals surface area contributed by atoms with Gasteiger partial charge in [0, 0.05) is 13.0 Å². The molecule has 0 aromatic carbocycles. The predicted molar refractivity (Wildman–Crippen MR) is 62.1 cm³/mol. The number of hydrogen-bond donors (Lipinski definition) is 3. The largest absolute Gasteiger partial charge is 0.409 e. The van der Waals surface area contributed by atoms with E-state index < -0.39 is 0 Å². The first kappa shape index (κ1) is 12.3. The molecular weight excluding hydrogens is 190 g/mol. The molecule has 4 heteroatoms. The Balaban J connectivity index is 1.97. The van der Waals surface area contributed by atoms with Gasteiger partial charge in [0.15, 0.2) is 0 Å². The van der Waals surface area contributed by atoms with E-state index in [0.717, 1.165) is 19.5 Å². The van der Waals surface area contributed by atoms with Gasteiger partial charge in [0.25, 0.3) is 0 Å². The van der Waals surface area contributed by atoms with Crippen LogP contribution in [0.15, 0.2) is 5.16 Å². The molecule has 0 aromatic heterocycles. The number of amidine groups is 1. The first-order chi connectivity index (χ1) is 7.22. The average molecular weight is 213 g/mol. The van der Waals surface area contributed by atoms with Crippen LogP contribution in [0.5, 0.6) is 0 Å². The number of oxime groups is 1. The summed E-state index contributed by atoms with van der Waals surface area (Å²) >= 11 is 0. The van der Waals surface area contributed by atoms with Crippen LogP contribution in [-0.2, 0) is 0 Å². The second-order valence-electron chi connectivity index (χ2n) is 4.62. The van der Waals surface area contributed by atoms with E-state index in [4.69, 9.17) is 10.9 Å². The minimum Gasteiger partial charge on any atom is -0.409 e. The highest BCUT2D eigenvalue weighted by Crippen LogP contribution is 2.48. The van der Waals surface area contributed by atoms with Crippen LogP contribution >= 0.6 is 0 Å². The fourth-order valence-electron chi connectivity index (χ4n) is 2.02. The summed E-state index contributed by atoms with van der Waals surface area (Å²) in [5.41, 5.74) is 5.99. The highest BCUT2D eigenvalue weighted by molar-refractivity contribution is 5.79. The Morgan fingerprint density at radius 3 is 2.80 bits per heavy atom. The lowest BCUT2D eigenvalue weighted by Crippen LogP contribution is -2.25. The smallest absolute Gasteiger partial charge is 0.139 e. The molecule has 1 aliphatic carbocycles. The summed E-state index contributed by atoms with van der Waals surface area (Å²) in [6.07, 6.45) is 7.01. The van der Waals surface area contributed by atoms with Gasteiger partial charge in [0.2, 0.25) is 0 Å². The number of nitrogens with one attached hydrogen (secondary N) is 1. The molecule has 0 radical (unpaired) electrons. The molecule has 4 N–H and O–H groups in total. The van der Waals surface area contributed by atoms with Crippen LogP contribution in [0.4, 0.5) is 0 Å². The van der Waals surface area contributed by atoms with Crippen LogP contribution in [-0.4, -0.2) is 24.1 Å². The summed E-state index contributed by atoms with van der Waals surface area (Å²) < 4.78 is 0. The van der Waals surface area contributed by atoms with E-state index in [9.17, 15) is 0 Å². The normalized spacial score (nSPS) is 19.1. The van der Waals surface area contributed by atoms with E-state index in [0.29, 0.717) is 17.7 Å². The Morgan fingerprint density at radius 2 is 2.27 bits per heavy atom. The summed E-state index contributed by atoms with van der Waals surface area (Å²) in [4.78, 5) is 0. The third-order valence-electron chi connectivity index (χ3n) is 3.15. The Morgan fingerprint density at radius 1 is 1.53 bits per heavy atom. The van der Waals surface area contributed by atoms with Crippen molar-refractivity contribution < 1.29 is 5.21 Å². The van der Waals surface area contributed by atoms with Crippen LogP contribution in [0, 0.1) is 5.41 Å². The van der Waals surface area contributed by atoms with Crippen molar-refractivity contribution in [3.63, 3.8) is 0 Å². The van der Waals surface area contributed by atoms with Crippen LogP contribution < -0.4 is 11.1 Å². The number of hydrogen-bond acceptors (Lipinski definition) is 3. The van der Waals surface area contributed by atoms with Gasteiger partial charge in [0.05, 0.1) is 0 Å². The Hall–Kier alpha value is -0.770. The molecule has 0 aromatic rings. The molecule has 0 atom stereocenters. The second kappa shape index (κ2) is 5.95. The van der Waals surface area contributed by atoms with Crippen molar-refractivity contribution in [1.29, 1.82) is 0 Å². The van der Waals surface area contributed by atoms with E-state index in [1.54, 1.807) is 0 Å². The van der Waals surface area contributed by atoms with Gasteiger partial charge in [-0.3, -0.25) is 0 Å². The highest BCUT2D eigenvalue weighted by atomic mass is 16.4. The fraction of sp³-hybridized carbons (Fsp3) is 0.909. The maximum Gasteiger partial charge on any atom is 0.139 e. The van der Waals surface area contributed by atoms with Gasteiger partial charge < -0.3 is 16.3 Å². The molecule has 0 unspecified atom stereocenters. The third kappa shape index (κ3) is 4.51. The quantitative estimate of drug-likeness (QED) is 0.189. The number of rotatable bonds is 8. The Labute approximate surface area is 91.9 Å². The SMILES string of the molecule is CCCC1(CNCCCC(N)=NO)CC1. The summed E-state index contributed by atoms with van der Waals surface area (Å²) in [6, 6.07) is 0. The maximum atomic E-state index is 8.34. The minimum atomic E-state index is 0.325. The van der Waals surface area contributed by atoms with Crippen molar-refractivity contribution in [1.82, 2.24) is 5.32 Å². The van der Waals surface area contributed by atoms with E-state index >= 15 is 0 Å². The molecule has 88 valence electrons. The van der Waals surface area contributed by atoms with Crippen molar-refractivity contribution in [2.24, 2.45) is 16.3 Å². The summed E-state index contributed by atoms with van der Waals surface area (Å²) in [6.45, 7) is 4.34. The van der Waals surface area contributed by atoms with Gasteiger partial charge in [-0.25, -0.2) is 0 Å². The maximum absolute atomic E-state index is 8.34. The zero-order valence-electron chi connectivity index (χ0n) is 9.63. The van der Waals surface area contributed by atoms with Crippen molar-refractivity contribution >= 4 is 5.84 Å². The summed E-state index contributed by atoms with van der Waals surface area (Å²) in [5, 5.41) is 14.7. The molecule has 0 spiro atoms. The molecular formula is C11H23N3O. The Kier molecular flexibility index (Phi) is 4.88. The highest BCUT2D eigenvalue weighted by Gasteiger charge is 2.40. The molecule has 0 amide bonds. The molecule has 1 aliphatic rings. The number of nitrogens with zero attached hydrogens (tertiary/aromatic N) is 1. The molecule has 0 saturated heterocycles. The second-order valence-corrected chi connectivity index (χ2v) is 4.62. The molecule has 0 bridgehead atoms. The van der Waals surface area contributed by atoms with Crippen LogP contribution in [0.1, 0.15) is 45.4 Å². The lowest BCUT2D eigenvalue weighted by atomic mass is 10.0. The van der Waals surface area contributed by atoms with Gasteiger partial charge in [-0.15, -0.1) is 0 Å². The third-order valence-corrected chi connectivity index (χ3v) is 3.15. The average Bonchev–Trinajstić information content (AvgIpc) is 2.98. The van der Waals surface area contributed by atoms with E-state index in [1.165, 1.54) is 25.7 Å².